The van der Waals surface area contributed by atoms with Crippen molar-refractivity contribution in [3.8, 4) is 11.4 Å². The molecule has 0 aliphatic carbocycles. The van der Waals surface area contributed by atoms with E-state index < -0.39 is 5.97 Å². The van der Waals surface area contributed by atoms with Gasteiger partial charge < -0.3 is 10.1 Å². The molecule has 2 aromatic rings. The van der Waals surface area contributed by atoms with Crippen LogP contribution < -0.4 is 0 Å². The van der Waals surface area contributed by atoms with Crippen LogP contribution in [0.25, 0.3) is 11.4 Å². The lowest BCUT2D eigenvalue weighted by atomic mass is 10.2. The maximum absolute atomic E-state index is 10.7. The predicted molar refractivity (Wildman–Crippen MR) is 56.0 cm³/mol. The number of aromatic nitrogens is 2. The van der Waals surface area contributed by atoms with E-state index >= 15 is 0 Å². The lowest BCUT2D eigenvalue weighted by Crippen LogP contribution is -1.96. The van der Waals surface area contributed by atoms with Crippen LogP contribution in [0.1, 0.15) is 10.5 Å². The number of imidazole rings is 1. The molecule has 1 aromatic heterocycles. The van der Waals surface area contributed by atoms with Crippen LogP contribution in [0.15, 0.2) is 30.3 Å². The van der Waals surface area contributed by atoms with Gasteiger partial charge >= 0.3 is 5.97 Å². The van der Waals surface area contributed by atoms with E-state index in [0.717, 1.165) is 5.56 Å². The number of hydrogen-bond donors (Lipinski definition) is 2. The summed E-state index contributed by atoms with van der Waals surface area (Å²) in [5, 5.41) is 8.80. The van der Waals surface area contributed by atoms with Crippen LogP contribution >= 0.6 is 11.6 Å². The summed E-state index contributed by atoms with van der Waals surface area (Å²) in [4.78, 5) is 17.3. The van der Waals surface area contributed by atoms with E-state index in [1.54, 1.807) is 0 Å². The van der Waals surface area contributed by atoms with E-state index in [9.17, 15) is 4.79 Å². The first kappa shape index (κ1) is 9.73. The zero-order valence-electron chi connectivity index (χ0n) is 7.57. The Labute approximate surface area is 90.5 Å². The fourth-order valence-corrected chi connectivity index (χ4v) is 1.44. The second-order valence-corrected chi connectivity index (χ2v) is 3.30. The molecule has 5 heteroatoms. The van der Waals surface area contributed by atoms with Crippen molar-refractivity contribution >= 4 is 17.6 Å². The summed E-state index contributed by atoms with van der Waals surface area (Å²) in [7, 11) is 0. The van der Waals surface area contributed by atoms with E-state index in [4.69, 9.17) is 16.7 Å². The first-order valence-corrected chi connectivity index (χ1v) is 4.60. The SMILES string of the molecule is O=C(O)c1nc(-c2ccccc2)[nH]c1Cl. The summed E-state index contributed by atoms with van der Waals surface area (Å²) in [6.45, 7) is 0. The molecule has 2 N–H and O–H groups in total. The van der Waals surface area contributed by atoms with Crippen molar-refractivity contribution in [3.05, 3.63) is 41.2 Å². The number of carbonyl (C=O) groups is 1. The highest BCUT2D eigenvalue weighted by molar-refractivity contribution is 6.32. The molecule has 0 saturated carbocycles. The van der Waals surface area contributed by atoms with E-state index in [2.05, 4.69) is 9.97 Å². The fourth-order valence-electron chi connectivity index (χ4n) is 1.23. The number of benzene rings is 1. The predicted octanol–water partition coefficient (Wildman–Crippen LogP) is 2.43. The first-order valence-electron chi connectivity index (χ1n) is 4.22. The highest BCUT2D eigenvalue weighted by Crippen LogP contribution is 2.20. The van der Waals surface area contributed by atoms with Crippen LogP contribution in [0.5, 0.6) is 0 Å². The van der Waals surface area contributed by atoms with Crippen molar-refractivity contribution < 1.29 is 9.90 Å². The number of rotatable bonds is 2. The maximum Gasteiger partial charge on any atom is 0.357 e. The lowest BCUT2D eigenvalue weighted by Gasteiger charge is -1.93. The molecule has 0 radical (unpaired) electrons. The Balaban J connectivity index is 2.48. The Kier molecular flexibility index (Phi) is 2.43. The van der Waals surface area contributed by atoms with Crippen molar-refractivity contribution in [3.63, 3.8) is 0 Å². The minimum Gasteiger partial charge on any atom is -0.476 e. The standard InChI is InChI=1S/C10H7ClN2O2/c11-8-7(10(14)15)12-9(13-8)6-4-2-1-3-5-6/h1-5H,(H,12,13)(H,14,15). The third-order valence-corrected chi connectivity index (χ3v) is 2.18. The average molecular weight is 223 g/mol. The molecule has 0 spiro atoms. The van der Waals surface area contributed by atoms with Crippen LogP contribution in [-0.2, 0) is 0 Å². The van der Waals surface area contributed by atoms with Gasteiger partial charge in [0.05, 0.1) is 0 Å². The largest absolute Gasteiger partial charge is 0.476 e. The molecular weight excluding hydrogens is 216 g/mol. The number of nitrogens with zero attached hydrogens (tertiary/aromatic N) is 1. The normalized spacial score (nSPS) is 10.2. The van der Waals surface area contributed by atoms with Crippen molar-refractivity contribution in [2.75, 3.05) is 0 Å². The van der Waals surface area contributed by atoms with E-state index in [-0.39, 0.29) is 10.8 Å². The molecule has 4 nitrogen and oxygen atoms in total. The number of aromatic amines is 1. The molecule has 0 aliphatic rings. The van der Waals surface area contributed by atoms with E-state index in [1.807, 2.05) is 30.3 Å². The number of carboxylic acid groups (broad SMARTS) is 1. The van der Waals surface area contributed by atoms with Gasteiger partial charge in [-0.1, -0.05) is 41.9 Å². The Morgan fingerprint density at radius 3 is 2.53 bits per heavy atom. The summed E-state index contributed by atoms with van der Waals surface area (Å²) in [5.74, 6) is -0.684. The van der Waals surface area contributed by atoms with Crippen LogP contribution in [0.2, 0.25) is 5.15 Å². The zero-order valence-corrected chi connectivity index (χ0v) is 8.32. The van der Waals surface area contributed by atoms with Gasteiger partial charge in [-0.05, 0) is 0 Å². The number of halogens is 1. The van der Waals surface area contributed by atoms with Crippen molar-refractivity contribution in [2.45, 2.75) is 0 Å². The van der Waals surface area contributed by atoms with Crippen molar-refractivity contribution in [1.29, 1.82) is 0 Å². The highest BCUT2D eigenvalue weighted by Gasteiger charge is 2.15. The van der Waals surface area contributed by atoms with E-state index in [1.165, 1.54) is 0 Å². The molecule has 2 rings (SSSR count). The molecule has 15 heavy (non-hydrogen) atoms. The Bertz CT molecular complexity index is 493. The van der Waals surface area contributed by atoms with Gasteiger partial charge in [0.15, 0.2) is 5.69 Å². The number of aromatic carboxylic acids is 1. The second kappa shape index (κ2) is 3.74. The maximum atomic E-state index is 10.7. The van der Waals surface area contributed by atoms with Gasteiger partial charge in [-0.25, -0.2) is 9.78 Å². The molecule has 1 heterocycles. The average Bonchev–Trinajstić information content (AvgIpc) is 2.62. The Hall–Kier alpha value is -1.81. The molecule has 0 bridgehead atoms. The molecular formula is C10H7ClN2O2. The van der Waals surface area contributed by atoms with Gasteiger partial charge in [-0.3, -0.25) is 0 Å². The summed E-state index contributed by atoms with van der Waals surface area (Å²) in [6.07, 6.45) is 0. The van der Waals surface area contributed by atoms with Crippen LogP contribution in [0.4, 0.5) is 0 Å². The van der Waals surface area contributed by atoms with Crippen molar-refractivity contribution in [1.82, 2.24) is 9.97 Å². The van der Waals surface area contributed by atoms with Gasteiger partial charge in [-0.2, -0.15) is 0 Å². The molecule has 0 atom stereocenters. The van der Waals surface area contributed by atoms with Crippen molar-refractivity contribution in [2.24, 2.45) is 0 Å². The Morgan fingerprint density at radius 1 is 1.33 bits per heavy atom. The van der Waals surface area contributed by atoms with Crippen LogP contribution in [0.3, 0.4) is 0 Å². The highest BCUT2D eigenvalue weighted by atomic mass is 35.5. The van der Waals surface area contributed by atoms with Gasteiger partial charge in [0.25, 0.3) is 0 Å². The summed E-state index contributed by atoms with van der Waals surface area (Å²) < 4.78 is 0. The van der Waals surface area contributed by atoms with Gasteiger partial charge in [0.1, 0.15) is 11.0 Å². The number of H-pyrrole nitrogens is 1. The monoisotopic (exact) mass is 222 g/mol. The topological polar surface area (TPSA) is 66.0 Å². The minimum absolute atomic E-state index is 0.0429. The molecule has 0 fully saturated rings. The summed E-state index contributed by atoms with van der Waals surface area (Å²) in [6, 6.07) is 9.19. The smallest absolute Gasteiger partial charge is 0.357 e. The quantitative estimate of drug-likeness (QED) is 0.820. The summed E-state index contributed by atoms with van der Waals surface area (Å²) in [5.41, 5.74) is 0.641. The minimum atomic E-state index is -1.14. The van der Waals surface area contributed by atoms with E-state index in [0.29, 0.717) is 5.82 Å². The lowest BCUT2D eigenvalue weighted by molar-refractivity contribution is 0.0691. The molecule has 1 aromatic carbocycles. The van der Waals surface area contributed by atoms with Crippen LogP contribution in [-0.4, -0.2) is 21.0 Å². The number of nitrogens with one attached hydrogen (secondary N) is 1. The fraction of sp³-hybridized carbons (Fsp3) is 0. The summed E-state index contributed by atoms with van der Waals surface area (Å²) >= 11 is 5.69. The molecule has 0 aliphatic heterocycles. The zero-order chi connectivity index (χ0) is 10.8. The third kappa shape index (κ3) is 1.85. The second-order valence-electron chi connectivity index (χ2n) is 2.92. The molecule has 0 unspecified atom stereocenters. The molecule has 76 valence electrons. The third-order valence-electron chi connectivity index (χ3n) is 1.91. The molecule has 0 saturated heterocycles. The van der Waals surface area contributed by atoms with Gasteiger partial charge in [0, 0.05) is 5.56 Å². The van der Waals surface area contributed by atoms with Gasteiger partial charge in [-0.15, -0.1) is 0 Å². The van der Waals surface area contributed by atoms with Gasteiger partial charge in [0.2, 0.25) is 0 Å². The number of carboxylic acids is 1. The molecule has 0 amide bonds. The Morgan fingerprint density at radius 2 is 2.00 bits per heavy atom. The number of hydrogen-bond acceptors (Lipinski definition) is 2. The first-order chi connectivity index (χ1) is 7.18. The van der Waals surface area contributed by atoms with Crippen LogP contribution in [0, 0.1) is 0 Å².